The minimum Gasteiger partial charge on any atom is -0.452 e. The molecule has 3 rings (SSSR count). The first-order valence-electron chi connectivity index (χ1n) is 10.5. The predicted molar refractivity (Wildman–Crippen MR) is 128 cm³/mol. The molecule has 35 heavy (non-hydrogen) atoms. The zero-order chi connectivity index (χ0) is 25.3. The summed E-state index contributed by atoms with van der Waals surface area (Å²) in [6, 6.07) is 23.3. The lowest BCUT2D eigenvalue weighted by atomic mass is 9.86. The summed E-state index contributed by atoms with van der Waals surface area (Å²) in [6.45, 7) is -0.890. The van der Waals surface area contributed by atoms with Crippen LogP contribution in [0.3, 0.4) is 0 Å². The van der Waals surface area contributed by atoms with Crippen LogP contribution < -0.4 is 0 Å². The Kier molecular flexibility index (Phi) is 9.02. The Morgan fingerprint density at radius 3 is 1.60 bits per heavy atom. The highest BCUT2D eigenvalue weighted by Gasteiger charge is 2.55. The van der Waals surface area contributed by atoms with E-state index in [4.69, 9.17) is 13.3 Å². The summed E-state index contributed by atoms with van der Waals surface area (Å²) < 4.78 is 16.1. The predicted octanol–water partition coefficient (Wildman–Crippen LogP) is 3.58. The molecular weight excluding hydrogens is 520 g/mol. The first kappa shape index (κ1) is 26.0. The zero-order valence-corrected chi connectivity index (χ0v) is 19.9. The standard InChI is InChI=1S/C26H21BrO8/c27-35-26(17-29,22(30)18-10-4-1-5-11-18)23(34-25(32)20-14-8-3-9-15-20)21(16-28)33-24(31)19-12-6-2-7-13-19/h1-15,17,21,23,28H,16H2/t21-,23-,26-/m0/s1. The molecule has 0 amide bonds. The number of aliphatic hydroxyl groups excluding tert-OH is 1. The third-order valence-corrected chi connectivity index (χ3v) is 5.68. The molecule has 0 radical (unpaired) electrons. The largest absolute Gasteiger partial charge is 0.452 e. The number of halogens is 1. The zero-order valence-electron chi connectivity index (χ0n) is 18.3. The van der Waals surface area contributed by atoms with Gasteiger partial charge in [-0.25, -0.2) is 9.59 Å². The molecular formula is C26H21BrO8. The van der Waals surface area contributed by atoms with Crippen LogP contribution in [0.5, 0.6) is 0 Å². The summed E-state index contributed by atoms with van der Waals surface area (Å²) in [5.74, 6) is -2.68. The van der Waals surface area contributed by atoms with E-state index in [1.54, 1.807) is 54.6 Å². The molecule has 0 aliphatic carbocycles. The third-order valence-electron chi connectivity index (χ3n) is 5.15. The highest BCUT2D eigenvalue weighted by atomic mass is 79.9. The van der Waals surface area contributed by atoms with E-state index in [2.05, 4.69) is 16.3 Å². The number of Topliss-reactive ketones (excluding diaryl/α,β-unsaturated/α-hetero) is 1. The number of hydrogen-bond acceptors (Lipinski definition) is 8. The molecule has 3 aromatic carbocycles. The van der Waals surface area contributed by atoms with Crippen molar-refractivity contribution in [2.75, 3.05) is 6.61 Å². The lowest BCUT2D eigenvalue weighted by Crippen LogP contribution is -2.60. The Morgan fingerprint density at radius 2 is 1.20 bits per heavy atom. The summed E-state index contributed by atoms with van der Waals surface area (Å²) in [5.41, 5.74) is -2.20. The fourth-order valence-electron chi connectivity index (χ4n) is 3.33. The summed E-state index contributed by atoms with van der Waals surface area (Å²) in [7, 11) is 0. The maximum atomic E-state index is 13.5. The van der Waals surface area contributed by atoms with Crippen LogP contribution in [-0.2, 0) is 18.1 Å². The second-order valence-corrected chi connectivity index (χ2v) is 7.69. The van der Waals surface area contributed by atoms with Gasteiger partial charge in [-0.3, -0.25) is 13.4 Å². The van der Waals surface area contributed by atoms with Gasteiger partial charge in [-0.2, -0.15) is 0 Å². The van der Waals surface area contributed by atoms with E-state index in [1.165, 1.54) is 36.4 Å². The van der Waals surface area contributed by atoms with Crippen LogP contribution in [0, 0.1) is 0 Å². The Labute approximate surface area is 209 Å². The summed E-state index contributed by atoms with van der Waals surface area (Å²) in [4.78, 5) is 51.5. The highest BCUT2D eigenvalue weighted by Crippen LogP contribution is 2.30. The minimum absolute atomic E-state index is 0.0610. The van der Waals surface area contributed by atoms with E-state index in [-0.39, 0.29) is 23.0 Å². The molecule has 0 bridgehead atoms. The normalized spacial score (nSPS) is 14.1. The topological polar surface area (TPSA) is 116 Å². The molecule has 0 aromatic heterocycles. The van der Waals surface area contributed by atoms with Crippen molar-refractivity contribution in [3.8, 4) is 0 Å². The lowest BCUT2D eigenvalue weighted by Gasteiger charge is -2.35. The first-order valence-corrected chi connectivity index (χ1v) is 11.1. The van der Waals surface area contributed by atoms with Crippen molar-refractivity contribution < 1.29 is 37.6 Å². The van der Waals surface area contributed by atoms with Gasteiger partial charge in [-0.15, -0.1) is 0 Å². The van der Waals surface area contributed by atoms with E-state index >= 15 is 0 Å². The van der Waals surface area contributed by atoms with E-state index in [0.29, 0.717) is 0 Å². The third kappa shape index (κ3) is 5.89. The van der Waals surface area contributed by atoms with E-state index in [0.717, 1.165) is 0 Å². The molecule has 0 aliphatic heterocycles. The molecule has 0 spiro atoms. The Hall–Kier alpha value is -3.66. The van der Waals surface area contributed by atoms with Gasteiger partial charge in [0.1, 0.15) is 16.3 Å². The van der Waals surface area contributed by atoms with Crippen LogP contribution in [0.4, 0.5) is 0 Å². The van der Waals surface area contributed by atoms with Gasteiger partial charge >= 0.3 is 11.9 Å². The Morgan fingerprint density at radius 1 is 0.771 bits per heavy atom. The fraction of sp³-hybridized carbons (Fsp3) is 0.154. The summed E-state index contributed by atoms with van der Waals surface area (Å²) in [6.07, 6.45) is -3.37. The summed E-state index contributed by atoms with van der Waals surface area (Å²) >= 11 is 2.72. The molecule has 0 heterocycles. The number of ether oxygens (including phenoxy) is 2. The van der Waals surface area contributed by atoms with Crippen LogP contribution in [-0.4, -0.2) is 53.5 Å². The number of carbonyl (C=O) groups is 4. The molecule has 3 aromatic rings. The fourth-order valence-corrected chi connectivity index (χ4v) is 3.74. The van der Waals surface area contributed by atoms with Crippen molar-refractivity contribution in [3.63, 3.8) is 0 Å². The van der Waals surface area contributed by atoms with Crippen molar-refractivity contribution in [3.05, 3.63) is 108 Å². The Bertz CT molecular complexity index is 1150. The number of aldehydes is 1. The van der Waals surface area contributed by atoms with Crippen LogP contribution in [0.1, 0.15) is 31.1 Å². The number of hydrogen-bond donors (Lipinski definition) is 1. The van der Waals surface area contributed by atoms with Crippen molar-refractivity contribution in [1.82, 2.24) is 0 Å². The average molecular weight is 541 g/mol. The lowest BCUT2D eigenvalue weighted by molar-refractivity contribution is -0.136. The molecule has 0 unspecified atom stereocenters. The molecule has 0 saturated heterocycles. The SMILES string of the molecule is O=C[C@](OBr)(C(=O)c1ccccc1)[C@@H](OC(=O)c1ccccc1)[C@H](CO)OC(=O)c1ccccc1. The van der Waals surface area contributed by atoms with Gasteiger partial charge in [-0.1, -0.05) is 66.7 Å². The average Bonchev–Trinajstić information content (AvgIpc) is 2.93. The van der Waals surface area contributed by atoms with Crippen molar-refractivity contribution in [1.29, 1.82) is 0 Å². The second-order valence-electron chi connectivity index (χ2n) is 7.37. The van der Waals surface area contributed by atoms with E-state index < -0.39 is 42.1 Å². The van der Waals surface area contributed by atoms with Crippen LogP contribution >= 0.6 is 16.3 Å². The van der Waals surface area contributed by atoms with Gasteiger partial charge in [0.25, 0.3) is 0 Å². The molecule has 8 nitrogen and oxygen atoms in total. The Balaban J connectivity index is 2.05. The van der Waals surface area contributed by atoms with Gasteiger partial charge in [0.05, 0.1) is 17.7 Å². The maximum Gasteiger partial charge on any atom is 0.338 e. The summed E-state index contributed by atoms with van der Waals surface area (Å²) in [5, 5.41) is 10.1. The van der Waals surface area contributed by atoms with Crippen molar-refractivity contribution in [2.24, 2.45) is 0 Å². The van der Waals surface area contributed by atoms with Crippen LogP contribution in [0.15, 0.2) is 91.0 Å². The number of ketones is 1. The van der Waals surface area contributed by atoms with Crippen molar-refractivity contribution in [2.45, 2.75) is 17.8 Å². The van der Waals surface area contributed by atoms with Crippen LogP contribution in [0.25, 0.3) is 0 Å². The van der Waals surface area contributed by atoms with E-state index in [1.807, 2.05) is 0 Å². The van der Waals surface area contributed by atoms with Gasteiger partial charge in [0.2, 0.25) is 11.4 Å². The molecule has 0 fully saturated rings. The van der Waals surface area contributed by atoms with Gasteiger partial charge in [-0.05, 0) is 24.3 Å². The molecule has 9 heteroatoms. The van der Waals surface area contributed by atoms with E-state index in [9.17, 15) is 24.3 Å². The monoisotopic (exact) mass is 540 g/mol. The molecule has 3 atom stereocenters. The molecule has 1 N–H and O–H groups in total. The number of benzene rings is 3. The smallest absolute Gasteiger partial charge is 0.338 e. The maximum absolute atomic E-state index is 13.5. The van der Waals surface area contributed by atoms with Gasteiger partial charge in [0, 0.05) is 5.56 Å². The number of rotatable bonds is 11. The number of aliphatic hydroxyl groups is 1. The quantitative estimate of drug-likeness (QED) is 0.170. The first-order chi connectivity index (χ1) is 17.0. The molecule has 0 saturated carbocycles. The highest BCUT2D eigenvalue weighted by molar-refractivity contribution is 9.06. The number of carbonyl (C=O) groups excluding carboxylic acids is 4. The van der Waals surface area contributed by atoms with Gasteiger partial charge in [0.15, 0.2) is 18.5 Å². The minimum atomic E-state index is -2.50. The number of esters is 2. The molecule has 0 aliphatic rings. The molecule has 180 valence electrons. The van der Waals surface area contributed by atoms with Crippen LogP contribution in [0.2, 0.25) is 0 Å². The van der Waals surface area contributed by atoms with Crippen molar-refractivity contribution >= 4 is 40.3 Å². The van der Waals surface area contributed by atoms with Gasteiger partial charge < -0.3 is 14.6 Å². The second kappa shape index (κ2) is 12.2.